The van der Waals surface area contributed by atoms with E-state index in [2.05, 4.69) is 10.6 Å². The molecule has 0 rings (SSSR count). The number of amides is 2. The van der Waals surface area contributed by atoms with Gasteiger partial charge < -0.3 is 16.4 Å². The van der Waals surface area contributed by atoms with Gasteiger partial charge >= 0.3 is 11.8 Å². The minimum Gasteiger partial charge on any atom is -0.347 e. The second-order valence-electron chi connectivity index (χ2n) is 3.03. The highest BCUT2D eigenvalue weighted by atomic mass is 16.2. The fourth-order valence-corrected chi connectivity index (χ4v) is 1.01. The van der Waals surface area contributed by atoms with Gasteiger partial charge in [0.15, 0.2) is 0 Å². The Labute approximate surface area is 84.4 Å². The highest BCUT2D eigenvalue weighted by Gasteiger charge is 2.15. The normalized spacial score (nSPS) is 10.0. The number of carbonyl (C=O) groups is 2. The zero-order valence-electron chi connectivity index (χ0n) is 8.80. The summed E-state index contributed by atoms with van der Waals surface area (Å²) in [5.74, 6) is -1.19. The van der Waals surface area contributed by atoms with Crippen LogP contribution in [0.4, 0.5) is 0 Å². The Morgan fingerprint density at radius 1 is 1.21 bits per heavy atom. The summed E-state index contributed by atoms with van der Waals surface area (Å²) in [7, 11) is 0. The van der Waals surface area contributed by atoms with Crippen molar-refractivity contribution in [3.8, 4) is 0 Å². The van der Waals surface area contributed by atoms with Gasteiger partial charge in [-0.25, -0.2) is 0 Å². The third-order valence-electron chi connectivity index (χ3n) is 1.96. The number of hydrogen-bond donors (Lipinski definition) is 3. The van der Waals surface area contributed by atoms with E-state index in [0.717, 1.165) is 12.8 Å². The van der Waals surface area contributed by atoms with Crippen molar-refractivity contribution in [1.82, 2.24) is 10.6 Å². The molecule has 0 heterocycles. The molecule has 0 aromatic heterocycles. The van der Waals surface area contributed by atoms with Crippen LogP contribution < -0.4 is 16.4 Å². The second-order valence-corrected chi connectivity index (χ2v) is 3.03. The van der Waals surface area contributed by atoms with E-state index in [1.54, 1.807) is 0 Å². The molecule has 0 saturated heterocycles. The molecular weight excluding hydrogens is 182 g/mol. The van der Waals surface area contributed by atoms with Crippen LogP contribution in [0.25, 0.3) is 0 Å². The molecule has 0 aliphatic heterocycles. The molecule has 2 amide bonds. The van der Waals surface area contributed by atoms with Crippen molar-refractivity contribution in [2.75, 3.05) is 13.1 Å². The Morgan fingerprint density at radius 2 is 1.79 bits per heavy atom. The van der Waals surface area contributed by atoms with E-state index < -0.39 is 11.8 Å². The molecule has 0 unspecified atom stereocenters. The summed E-state index contributed by atoms with van der Waals surface area (Å²) >= 11 is 0. The van der Waals surface area contributed by atoms with E-state index in [9.17, 15) is 9.59 Å². The fraction of sp³-hybridized carbons (Fsp3) is 0.778. The average Bonchev–Trinajstić information content (AvgIpc) is 2.21. The van der Waals surface area contributed by atoms with Crippen LogP contribution >= 0.6 is 0 Å². The highest BCUT2D eigenvalue weighted by molar-refractivity contribution is 6.35. The van der Waals surface area contributed by atoms with Crippen LogP contribution in [0.5, 0.6) is 0 Å². The Balaban J connectivity index is 3.87. The van der Waals surface area contributed by atoms with Crippen LogP contribution in [0, 0.1) is 0 Å². The lowest BCUT2D eigenvalue weighted by atomic mass is 10.2. The zero-order valence-corrected chi connectivity index (χ0v) is 8.80. The van der Waals surface area contributed by atoms with Crippen LogP contribution in [0.2, 0.25) is 0 Å². The summed E-state index contributed by atoms with van der Waals surface area (Å²) in [5, 5.41) is 5.04. The first-order valence-electron chi connectivity index (χ1n) is 4.94. The molecule has 0 radical (unpaired) electrons. The minimum atomic E-state index is -0.609. The van der Waals surface area contributed by atoms with Gasteiger partial charge in [-0.3, -0.25) is 9.59 Å². The summed E-state index contributed by atoms with van der Waals surface area (Å²) in [6.07, 6.45) is 1.65. The zero-order chi connectivity index (χ0) is 11.0. The van der Waals surface area contributed by atoms with Crippen molar-refractivity contribution < 1.29 is 9.59 Å². The molecule has 82 valence electrons. The van der Waals surface area contributed by atoms with Crippen LogP contribution in [-0.2, 0) is 9.59 Å². The average molecular weight is 201 g/mol. The minimum absolute atomic E-state index is 0.0751. The number of nitrogens with one attached hydrogen (secondary N) is 2. The Kier molecular flexibility index (Phi) is 6.74. The smallest absolute Gasteiger partial charge is 0.309 e. The Morgan fingerprint density at radius 3 is 2.21 bits per heavy atom. The molecular formula is C9H19N3O2. The summed E-state index contributed by atoms with van der Waals surface area (Å²) in [6, 6.07) is 0.0751. The maximum absolute atomic E-state index is 11.2. The van der Waals surface area contributed by atoms with Gasteiger partial charge in [-0.1, -0.05) is 13.8 Å². The third-order valence-corrected chi connectivity index (χ3v) is 1.96. The van der Waals surface area contributed by atoms with Gasteiger partial charge in [0.2, 0.25) is 0 Å². The first-order chi connectivity index (χ1) is 6.65. The van der Waals surface area contributed by atoms with Crippen molar-refractivity contribution in [2.24, 2.45) is 5.73 Å². The molecule has 4 N–H and O–H groups in total. The molecule has 0 fully saturated rings. The molecule has 14 heavy (non-hydrogen) atoms. The molecule has 0 spiro atoms. The SMILES string of the molecule is CCC(CC)NC(=O)C(=O)NCCN. The molecule has 5 heteroatoms. The molecule has 0 atom stereocenters. The Hall–Kier alpha value is -1.10. The molecule has 0 aromatic carbocycles. The van der Waals surface area contributed by atoms with E-state index in [1.807, 2.05) is 13.8 Å². The summed E-state index contributed by atoms with van der Waals surface area (Å²) in [5.41, 5.74) is 5.18. The predicted octanol–water partition coefficient (Wildman–Crippen LogP) is -0.634. The summed E-state index contributed by atoms with van der Waals surface area (Å²) in [6.45, 7) is 4.59. The monoisotopic (exact) mass is 201 g/mol. The third kappa shape index (κ3) is 4.81. The number of hydrogen-bond acceptors (Lipinski definition) is 3. The van der Waals surface area contributed by atoms with E-state index in [4.69, 9.17) is 5.73 Å². The van der Waals surface area contributed by atoms with Gasteiger partial charge in [-0.2, -0.15) is 0 Å². The van der Waals surface area contributed by atoms with Crippen LogP contribution in [0.3, 0.4) is 0 Å². The van der Waals surface area contributed by atoms with Crippen molar-refractivity contribution >= 4 is 11.8 Å². The molecule has 0 bridgehead atoms. The van der Waals surface area contributed by atoms with Gasteiger partial charge in [0.05, 0.1) is 0 Å². The second kappa shape index (κ2) is 7.32. The lowest BCUT2D eigenvalue weighted by Crippen LogP contribution is -2.45. The maximum atomic E-state index is 11.2. The standard InChI is InChI=1S/C9H19N3O2/c1-3-7(4-2)12-9(14)8(13)11-6-5-10/h7H,3-6,10H2,1-2H3,(H,11,13)(H,12,14). The molecule has 0 aromatic rings. The molecule has 0 aliphatic rings. The molecule has 5 nitrogen and oxygen atoms in total. The van der Waals surface area contributed by atoms with Crippen molar-refractivity contribution in [1.29, 1.82) is 0 Å². The van der Waals surface area contributed by atoms with Gasteiger partial charge in [0.1, 0.15) is 0 Å². The van der Waals surface area contributed by atoms with Gasteiger partial charge in [-0.15, -0.1) is 0 Å². The van der Waals surface area contributed by atoms with E-state index >= 15 is 0 Å². The number of nitrogens with two attached hydrogens (primary N) is 1. The first kappa shape index (κ1) is 12.9. The topological polar surface area (TPSA) is 84.2 Å². The van der Waals surface area contributed by atoms with Crippen molar-refractivity contribution in [3.63, 3.8) is 0 Å². The summed E-state index contributed by atoms with van der Waals surface area (Å²) in [4.78, 5) is 22.3. The van der Waals surface area contributed by atoms with Gasteiger partial charge in [0, 0.05) is 19.1 Å². The molecule has 0 saturated carbocycles. The van der Waals surface area contributed by atoms with Gasteiger partial charge in [-0.05, 0) is 12.8 Å². The number of carbonyl (C=O) groups excluding carboxylic acids is 2. The number of rotatable bonds is 5. The molecule has 0 aliphatic carbocycles. The maximum Gasteiger partial charge on any atom is 0.309 e. The van der Waals surface area contributed by atoms with Crippen LogP contribution in [-0.4, -0.2) is 30.9 Å². The van der Waals surface area contributed by atoms with Crippen LogP contribution in [0.15, 0.2) is 0 Å². The summed E-state index contributed by atoms with van der Waals surface area (Å²) < 4.78 is 0. The van der Waals surface area contributed by atoms with E-state index in [-0.39, 0.29) is 6.04 Å². The predicted molar refractivity (Wildman–Crippen MR) is 54.6 cm³/mol. The van der Waals surface area contributed by atoms with Gasteiger partial charge in [0.25, 0.3) is 0 Å². The quantitative estimate of drug-likeness (QED) is 0.518. The lowest BCUT2D eigenvalue weighted by Gasteiger charge is -2.13. The first-order valence-corrected chi connectivity index (χ1v) is 4.94. The van der Waals surface area contributed by atoms with Crippen molar-refractivity contribution in [2.45, 2.75) is 32.7 Å². The van der Waals surface area contributed by atoms with Crippen LogP contribution in [0.1, 0.15) is 26.7 Å². The largest absolute Gasteiger partial charge is 0.347 e. The lowest BCUT2D eigenvalue weighted by molar-refractivity contribution is -0.139. The Bertz CT molecular complexity index is 190. The van der Waals surface area contributed by atoms with E-state index in [0.29, 0.717) is 13.1 Å². The van der Waals surface area contributed by atoms with E-state index in [1.165, 1.54) is 0 Å². The fourth-order valence-electron chi connectivity index (χ4n) is 1.01. The van der Waals surface area contributed by atoms with Crippen molar-refractivity contribution in [3.05, 3.63) is 0 Å². The highest BCUT2D eigenvalue weighted by Crippen LogP contribution is 1.95.